The van der Waals surface area contributed by atoms with E-state index in [0.29, 0.717) is 18.8 Å². The lowest BCUT2D eigenvalue weighted by Crippen LogP contribution is -2.35. The second-order valence-electron chi connectivity index (χ2n) is 7.21. The first kappa shape index (κ1) is 21.2. The molecule has 1 aliphatic rings. The zero-order valence-electron chi connectivity index (χ0n) is 16.7. The van der Waals surface area contributed by atoms with Crippen LogP contribution in [-0.4, -0.2) is 40.7 Å². The minimum atomic E-state index is -1.58. The van der Waals surface area contributed by atoms with Gasteiger partial charge in [-0.1, -0.05) is 42.0 Å². The first-order valence-corrected chi connectivity index (χ1v) is 11.1. The molecule has 0 unspecified atom stereocenters. The summed E-state index contributed by atoms with van der Waals surface area (Å²) >= 11 is 0. The van der Waals surface area contributed by atoms with E-state index in [9.17, 15) is 13.8 Å². The SMILES string of the molecule is Cc1ccc(NC(=O)C[S@](=O)CC(=O)NC[C@H]2OCCc3ccccc32)c(C)c1. The fourth-order valence-corrected chi connectivity index (χ4v) is 4.25. The van der Waals surface area contributed by atoms with E-state index in [-0.39, 0.29) is 29.4 Å². The minimum absolute atomic E-state index is 0.204. The molecule has 2 amide bonds. The van der Waals surface area contributed by atoms with Gasteiger partial charge in [-0.25, -0.2) is 0 Å². The first-order valence-electron chi connectivity index (χ1n) is 9.60. The van der Waals surface area contributed by atoms with E-state index in [1.165, 1.54) is 5.56 Å². The Balaban J connectivity index is 1.45. The number of benzene rings is 2. The number of anilines is 1. The van der Waals surface area contributed by atoms with Crippen molar-refractivity contribution in [2.45, 2.75) is 26.4 Å². The van der Waals surface area contributed by atoms with E-state index >= 15 is 0 Å². The molecule has 154 valence electrons. The van der Waals surface area contributed by atoms with Crippen molar-refractivity contribution in [3.63, 3.8) is 0 Å². The zero-order valence-corrected chi connectivity index (χ0v) is 17.5. The topological polar surface area (TPSA) is 84.5 Å². The number of hydrogen-bond donors (Lipinski definition) is 2. The van der Waals surface area contributed by atoms with Gasteiger partial charge in [0.15, 0.2) is 0 Å². The molecular formula is C22H26N2O4S. The van der Waals surface area contributed by atoms with Crippen molar-refractivity contribution >= 4 is 28.3 Å². The Morgan fingerprint density at radius 1 is 1.10 bits per heavy atom. The number of carbonyl (C=O) groups excluding carboxylic acids is 2. The summed E-state index contributed by atoms with van der Waals surface area (Å²) in [4.78, 5) is 24.3. The predicted octanol–water partition coefficient (Wildman–Crippen LogP) is 2.42. The molecule has 0 aliphatic carbocycles. The van der Waals surface area contributed by atoms with Gasteiger partial charge >= 0.3 is 0 Å². The summed E-state index contributed by atoms with van der Waals surface area (Å²) in [6, 6.07) is 13.7. The van der Waals surface area contributed by atoms with Gasteiger partial charge in [-0.3, -0.25) is 13.8 Å². The van der Waals surface area contributed by atoms with Gasteiger partial charge in [-0.15, -0.1) is 0 Å². The van der Waals surface area contributed by atoms with Crippen LogP contribution < -0.4 is 10.6 Å². The van der Waals surface area contributed by atoms with E-state index in [4.69, 9.17) is 4.74 Å². The molecule has 0 radical (unpaired) electrons. The van der Waals surface area contributed by atoms with Crippen LogP contribution in [0.2, 0.25) is 0 Å². The highest BCUT2D eigenvalue weighted by Crippen LogP contribution is 2.26. The van der Waals surface area contributed by atoms with Crippen LogP contribution in [0.1, 0.15) is 28.4 Å². The largest absolute Gasteiger partial charge is 0.371 e. The number of nitrogens with one attached hydrogen (secondary N) is 2. The predicted molar refractivity (Wildman–Crippen MR) is 114 cm³/mol. The Hall–Kier alpha value is -2.51. The van der Waals surface area contributed by atoms with Crippen molar-refractivity contribution in [3.8, 4) is 0 Å². The molecule has 1 heterocycles. The number of rotatable bonds is 7. The highest BCUT2D eigenvalue weighted by Gasteiger charge is 2.21. The summed E-state index contributed by atoms with van der Waals surface area (Å²) in [5.41, 5.74) is 5.03. The van der Waals surface area contributed by atoms with Gasteiger partial charge in [-0.2, -0.15) is 0 Å². The zero-order chi connectivity index (χ0) is 20.8. The van der Waals surface area contributed by atoms with Crippen molar-refractivity contribution in [3.05, 3.63) is 64.7 Å². The molecule has 2 atom stereocenters. The highest BCUT2D eigenvalue weighted by molar-refractivity contribution is 7.86. The van der Waals surface area contributed by atoms with Gasteiger partial charge < -0.3 is 15.4 Å². The van der Waals surface area contributed by atoms with E-state index in [2.05, 4.69) is 16.7 Å². The lowest BCUT2D eigenvalue weighted by Gasteiger charge is -2.26. The Morgan fingerprint density at radius 2 is 1.86 bits per heavy atom. The quantitative estimate of drug-likeness (QED) is 0.729. The van der Waals surface area contributed by atoms with Crippen LogP contribution in [0.3, 0.4) is 0 Å². The molecule has 2 N–H and O–H groups in total. The molecule has 6 nitrogen and oxygen atoms in total. The van der Waals surface area contributed by atoms with Gasteiger partial charge in [0, 0.05) is 23.0 Å². The number of ether oxygens (including phenoxy) is 1. The van der Waals surface area contributed by atoms with E-state index in [0.717, 1.165) is 23.1 Å². The third-order valence-electron chi connectivity index (χ3n) is 4.82. The average molecular weight is 415 g/mol. The summed E-state index contributed by atoms with van der Waals surface area (Å²) in [5, 5.41) is 5.53. The van der Waals surface area contributed by atoms with Crippen LogP contribution in [-0.2, 0) is 31.5 Å². The van der Waals surface area contributed by atoms with Crippen molar-refractivity contribution < 1.29 is 18.5 Å². The molecular weight excluding hydrogens is 388 g/mol. The Morgan fingerprint density at radius 3 is 2.66 bits per heavy atom. The molecule has 0 saturated carbocycles. The maximum atomic E-state index is 12.2. The third-order valence-corrected chi connectivity index (χ3v) is 5.99. The molecule has 3 rings (SSSR count). The van der Waals surface area contributed by atoms with Crippen LogP contribution in [0.5, 0.6) is 0 Å². The second-order valence-corrected chi connectivity index (χ2v) is 8.66. The molecule has 0 aromatic heterocycles. The van der Waals surface area contributed by atoms with Gasteiger partial charge in [0.1, 0.15) is 17.6 Å². The standard InChI is InChI=1S/C22H26N2O4S/c1-15-7-8-19(16(2)11-15)24-22(26)14-29(27)13-21(25)23-12-20-18-6-4-3-5-17(18)9-10-28-20/h3-8,11,20H,9-10,12-14H2,1-2H3,(H,23,25)(H,24,26)/t20-,29-/m1/s1. The summed E-state index contributed by atoms with van der Waals surface area (Å²) in [7, 11) is -1.58. The molecule has 2 aromatic rings. The number of amides is 2. The lowest BCUT2D eigenvalue weighted by atomic mass is 9.97. The van der Waals surface area contributed by atoms with Gasteiger partial charge in [-0.05, 0) is 43.0 Å². The maximum absolute atomic E-state index is 12.2. The molecule has 0 fully saturated rings. The summed E-state index contributed by atoms with van der Waals surface area (Å²) < 4.78 is 18.0. The third kappa shape index (κ3) is 5.98. The van der Waals surface area contributed by atoms with Crippen molar-refractivity contribution in [1.29, 1.82) is 0 Å². The molecule has 0 spiro atoms. The molecule has 7 heteroatoms. The molecule has 2 aromatic carbocycles. The van der Waals surface area contributed by atoms with Crippen LogP contribution in [0.15, 0.2) is 42.5 Å². The number of fused-ring (bicyclic) bond motifs is 1. The van der Waals surface area contributed by atoms with Gasteiger partial charge in [0.25, 0.3) is 0 Å². The summed E-state index contributed by atoms with van der Waals surface area (Å²) in [6.07, 6.45) is 0.658. The molecule has 0 bridgehead atoms. The molecule has 0 saturated heterocycles. The first-order chi connectivity index (χ1) is 13.9. The van der Waals surface area contributed by atoms with Gasteiger partial charge in [0.2, 0.25) is 11.8 Å². The molecule has 29 heavy (non-hydrogen) atoms. The number of aryl methyl sites for hydroxylation is 2. The van der Waals surface area contributed by atoms with Crippen molar-refractivity contribution in [2.24, 2.45) is 0 Å². The molecule has 1 aliphatic heterocycles. The Kier molecular flexibility index (Phi) is 7.17. The van der Waals surface area contributed by atoms with Crippen LogP contribution in [0.25, 0.3) is 0 Å². The second kappa shape index (κ2) is 9.80. The Bertz CT molecular complexity index is 929. The normalized spacial score (nSPS) is 16.6. The number of hydrogen-bond acceptors (Lipinski definition) is 4. The van der Waals surface area contributed by atoms with E-state index < -0.39 is 10.8 Å². The van der Waals surface area contributed by atoms with Crippen molar-refractivity contribution in [2.75, 3.05) is 30.0 Å². The summed E-state index contributed by atoms with van der Waals surface area (Å²) in [6.45, 7) is 4.81. The fourth-order valence-electron chi connectivity index (χ4n) is 3.39. The number of carbonyl (C=O) groups is 2. The van der Waals surface area contributed by atoms with Crippen LogP contribution in [0.4, 0.5) is 5.69 Å². The fraction of sp³-hybridized carbons (Fsp3) is 0.364. The van der Waals surface area contributed by atoms with Crippen LogP contribution in [0, 0.1) is 13.8 Å². The van der Waals surface area contributed by atoms with E-state index in [1.54, 1.807) is 0 Å². The smallest absolute Gasteiger partial charge is 0.237 e. The van der Waals surface area contributed by atoms with Crippen LogP contribution >= 0.6 is 0 Å². The summed E-state index contributed by atoms with van der Waals surface area (Å²) in [5.74, 6) is -1.15. The average Bonchev–Trinajstić information content (AvgIpc) is 2.68. The van der Waals surface area contributed by atoms with Gasteiger partial charge in [0.05, 0.1) is 6.61 Å². The Labute approximate surface area is 173 Å². The minimum Gasteiger partial charge on any atom is -0.371 e. The highest BCUT2D eigenvalue weighted by atomic mass is 32.2. The van der Waals surface area contributed by atoms with Crippen molar-refractivity contribution in [1.82, 2.24) is 5.32 Å². The monoisotopic (exact) mass is 414 g/mol. The maximum Gasteiger partial charge on any atom is 0.237 e. The van der Waals surface area contributed by atoms with E-state index in [1.807, 2.05) is 50.2 Å². The lowest BCUT2D eigenvalue weighted by molar-refractivity contribution is -0.119.